The summed E-state index contributed by atoms with van der Waals surface area (Å²) in [4.78, 5) is 0. The van der Waals surface area contributed by atoms with Gasteiger partial charge >= 0.3 is 0 Å². The van der Waals surface area contributed by atoms with Crippen molar-refractivity contribution in [1.82, 2.24) is 0 Å². The van der Waals surface area contributed by atoms with E-state index in [1.807, 2.05) is 31.2 Å². The average molecular weight is 215 g/mol. The molecule has 2 heteroatoms. The van der Waals surface area contributed by atoms with Crippen LogP contribution in [0.1, 0.15) is 16.7 Å². The van der Waals surface area contributed by atoms with E-state index in [4.69, 9.17) is 5.73 Å². The first-order valence-corrected chi connectivity index (χ1v) is 5.25. The average Bonchev–Trinajstić information content (AvgIpc) is 2.27. The molecule has 16 heavy (non-hydrogen) atoms. The minimum Gasteiger partial charge on any atom is -0.398 e. The second-order valence-corrected chi connectivity index (χ2v) is 3.95. The third-order valence-corrected chi connectivity index (χ3v) is 2.75. The van der Waals surface area contributed by atoms with E-state index in [9.17, 15) is 4.39 Å². The Hall–Kier alpha value is -1.83. The summed E-state index contributed by atoms with van der Waals surface area (Å²) >= 11 is 0. The fraction of sp³-hybridized carbons (Fsp3) is 0.143. The molecule has 2 aromatic rings. The number of aryl methyl sites for hydroxylation is 1. The lowest BCUT2D eigenvalue weighted by Crippen LogP contribution is -1.98. The number of halogens is 1. The van der Waals surface area contributed by atoms with Gasteiger partial charge in [0.05, 0.1) is 0 Å². The molecule has 0 spiro atoms. The summed E-state index contributed by atoms with van der Waals surface area (Å²) in [5.74, 6) is -0.238. The van der Waals surface area contributed by atoms with Crippen LogP contribution in [0.2, 0.25) is 0 Å². The van der Waals surface area contributed by atoms with Gasteiger partial charge in [0.2, 0.25) is 0 Å². The lowest BCUT2D eigenvalue weighted by Gasteiger charge is -2.08. The summed E-state index contributed by atoms with van der Waals surface area (Å²) in [5, 5.41) is 0. The zero-order chi connectivity index (χ0) is 11.5. The van der Waals surface area contributed by atoms with E-state index in [-0.39, 0.29) is 5.82 Å². The molecule has 0 heterocycles. The molecule has 0 aromatic heterocycles. The van der Waals surface area contributed by atoms with E-state index in [1.165, 1.54) is 23.3 Å². The van der Waals surface area contributed by atoms with Gasteiger partial charge in [0.25, 0.3) is 0 Å². The first-order valence-electron chi connectivity index (χ1n) is 5.25. The molecule has 2 N–H and O–H groups in total. The Kier molecular flexibility index (Phi) is 2.91. The predicted octanol–water partition coefficient (Wildman–Crippen LogP) is 3.31. The van der Waals surface area contributed by atoms with Crippen molar-refractivity contribution < 1.29 is 4.39 Å². The van der Waals surface area contributed by atoms with Gasteiger partial charge in [-0.1, -0.05) is 24.3 Å². The molecule has 2 aromatic carbocycles. The van der Waals surface area contributed by atoms with Crippen LogP contribution < -0.4 is 5.73 Å². The maximum Gasteiger partial charge on any atom is 0.123 e. The van der Waals surface area contributed by atoms with Crippen LogP contribution in [0.25, 0.3) is 0 Å². The van der Waals surface area contributed by atoms with Gasteiger partial charge in [-0.15, -0.1) is 0 Å². The molecule has 0 unspecified atom stereocenters. The number of anilines is 1. The Labute approximate surface area is 94.7 Å². The largest absolute Gasteiger partial charge is 0.398 e. The number of hydrogen-bond acceptors (Lipinski definition) is 1. The molecule has 0 saturated carbocycles. The van der Waals surface area contributed by atoms with Crippen molar-refractivity contribution in [3.05, 3.63) is 65.0 Å². The van der Waals surface area contributed by atoms with Crippen molar-refractivity contribution in [3.63, 3.8) is 0 Å². The van der Waals surface area contributed by atoms with E-state index in [1.54, 1.807) is 6.07 Å². The van der Waals surface area contributed by atoms with Gasteiger partial charge in [-0.2, -0.15) is 0 Å². The second kappa shape index (κ2) is 4.35. The van der Waals surface area contributed by atoms with Crippen LogP contribution in [0.15, 0.2) is 42.5 Å². The predicted molar refractivity (Wildman–Crippen MR) is 64.8 cm³/mol. The van der Waals surface area contributed by atoms with Gasteiger partial charge < -0.3 is 5.73 Å². The maximum atomic E-state index is 13.1. The van der Waals surface area contributed by atoms with Crippen LogP contribution in [0.3, 0.4) is 0 Å². The van der Waals surface area contributed by atoms with Crippen molar-refractivity contribution in [2.24, 2.45) is 0 Å². The number of rotatable bonds is 2. The van der Waals surface area contributed by atoms with Crippen molar-refractivity contribution in [2.75, 3.05) is 5.73 Å². The molecule has 1 nitrogen and oxygen atoms in total. The SMILES string of the molecule is Cc1ccccc1Cc1cc(F)ccc1N. The Morgan fingerprint density at radius 1 is 1.06 bits per heavy atom. The molecule has 0 amide bonds. The third kappa shape index (κ3) is 2.22. The molecule has 82 valence electrons. The molecule has 0 saturated heterocycles. The molecule has 0 aliphatic carbocycles. The first-order chi connectivity index (χ1) is 7.66. The van der Waals surface area contributed by atoms with Gasteiger partial charge in [-0.25, -0.2) is 4.39 Å². The number of nitrogens with two attached hydrogens (primary N) is 1. The van der Waals surface area contributed by atoms with Crippen LogP contribution in [-0.4, -0.2) is 0 Å². The fourth-order valence-electron chi connectivity index (χ4n) is 1.74. The summed E-state index contributed by atoms with van der Waals surface area (Å²) in [6.45, 7) is 2.05. The molecule has 2 rings (SSSR count). The van der Waals surface area contributed by atoms with Crippen LogP contribution in [-0.2, 0) is 6.42 Å². The quantitative estimate of drug-likeness (QED) is 0.764. The summed E-state index contributed by atoms with van der Waals surface area (Å²) in [6, 6.07) is 12.6. The highest BCUT2D eigenvalue weighted by molar-refractivity contribution is 5.49. The van der Waals surface area contributed by atoms with Crippen LogP contribution >= 0.6 is 0 Å². The van der Waals surface area contributed by atoms with Crippen molar-refractivity contribution in [2.45, 2.75) is 13.3 Å². The molecule has 0 aliphatic rings. The van der Waals surface area contributed by atoms with Crippen molar-refractivity contribution in [3.8, 4) is 0 Å². The Morgan fingerprint density at radius 3 is 2.56 bits per heavy atom. The Bertz CT molecular complexity index is 506. The van der Waals surface area contributed by atoms with Crippen LogP contribution in [0.5, 0.6) is 0 Å². The normalized spacial score (nSPS) is 10.4. The van der Waals surface area contributed by atoms with Crippen LogP contribution in [0, 0.1) is 12.7 Å². The Morgan fingerprint density at radius 2 is 1.81 bits per heavy atom. The minimum absolute atomic E-state index is 0.238. The van der Waals surface area contributed by atoms with Gasteiger partial charge in [0.1, 0.15) is 5.82 Å². The van der Waals surface area contributed by atoms with E-state index in [0.29, 0.717) is 12.1 Å². The van der Waals surface area contributed by atoms with Crippen molar-refractivity contribution >= 4 is 5.69 Å². The zero-order valence-corrected chi connectivity index (χ0v) is 9.20. The number of hydrogen-bond donors (Lipinski definition) is 1. The van der Waals surface area contributed by atoms with Gasteiger partial charge in [-0.05, 0) is 48.2 Å². The van der Waals surface area contributed by atoms with Gasteiger partial charge in [0, 0.05) is 5.69 Å². The maximum absolute atomic E-state index is 13.1. The molecule has 0 bridgehead atoms. The molecule has 0 fully saturated rings. The monoisotopic (exact) mass is 215 g/mol. The number of benzene rings is 2. The second-order valence-electron chi connectivity index (χ2n) is 3.95. The fourth-order valence-corrected chi connectivity index (χ4v) is 1.74. The van der Waals surface area contributed by atoms with Gasteiger partial charge in [-0.3, -0.25) is 0 Å². The molecule has 0 atom stereocenters. The van der Waals surface area contributed by atoms with Crippen LogP contribution in [0.4, 0.5) is 10.1 Å². The van der Waals surface area contributed by atoms with Gasteiger partial charge in [0.15, 0.2) is 0 Å². The molecular weight excluding hydrogens is 201 g/mol. The Balaban J connectivity index is 2.34. The highest BCUT2D eigenvalue weighted by atomic mass is 19.1. The third-order valence-electron chi connectivity index (χ3n) is 2.75. The van der Waals surface area contributed by atoms with Crippen molar-refractivity contribution in [1.29, 1.82) is 0 Å². The summed E-state index contributed by atoms with van der Waals surface area (Å²) in [5.41, 5.74) is 9.69. The standard InChI is InChI=1S/C14H14FN/c1-10-4-2-3-5-11(10)8-12-9-13(15)6-7-14(12)16/h2-7,9H,8,16H2,1H3. The lowest BCUT2D eigenvalue weighted by molar-refractivity contribution is 0.626. The lowest BCUT2D eigenvalue weighted by atomic mass is 9.99. The van der Waals surface area contributed by atoms with E-state index >= 15 is 0 Å². The van der Waals surface area contributed by atoms with E-state index < -0.39 is 0 Å². The van der Waals surface area contributed by atoms with E-state index in [0.717, 1.165) is 5.56 Å². The summed E-state index contributed by atoms with van der Waals surface area (Å²) in [6.07, 6.45) is 0.677. The number of nitrogen functional groups attached to an aromatic ring is 1. The topological polar surface area (TPSA) is 26.0 Å². The van der Waals surface area contributed by atoms with E-state index in [2.05, 4.69) is 0 Å². The minimum atomic E-state index is -0.238. The summed E-state index contributed by atoms with van der Waals surface area (Å²) in [7, 11) is 0. The molecule has 0 radical (unpaired) electrons. The highest BCUT2D eigenvalue weighted by Gasteiger charge is 2.04. The summed E-state index contributed by atoms with van der Waals surface area (Å²) < 4.78 is 13.1. The smallest absolute Gasteiger partial charge is 0.123 e. The molecular formula is C14H14FN. The first kappa shape index (κ1) is 10.7. The zero-order valence-electron chi connectivity index (χ0n) is 9.20. The highest BCUT2D eigenvalue weighted by Crippen LogP contribution is 2.19. The molecule has 0 aliphatic heterocycles.